The molecule has 128 valence electrons. The fourth-order valence-electron chi connectivity index (χ4n) is 2.39. The Hall–Kier alpha value is -2.54. The van der Waals surface area contributed by atoms with Crippen LogP contribution in [-0.2, 0) is 6.61 Å². The molecule has 0 saturated heterocycles. The van der Waals surface area contributed by atoms with Crippen LogP contribution in [0.4, 0.5) is 8.78 Å². The number of hydrogen-bond donors (Lipinski definition) is 0. The molecule has 0 radical (unpaired) electrons. The Morgan fingerprint density at radius 1 is 1.24 bits per heavy atom. The van der Waals surface area contributed by atoms with E-state index in [1.807, 2.05) is 0 Å². The number of aromatic nitrogens is 2. The standard InChI is InChI=1S/C18H13BrF2N2O2/c1-11-7-16(25-10-12-4-5-13(20)8-15(12)21)17(19)18(24)23(11)14-3-2-6-22-9-14/h2-9H,10H2,1H3. The number of pyridine rings is 2. The summed E-state index contributed by atoms with van der Waals surface area (Å²) in [5, 5.41) is 0. The molecule has 0 aliphatic rings. The van der Waals surface area contributed by atoms with E-state index < -0.39 is 11.6 Å². The van der Waals surface area contributed by atoms with Crippen LogP contribution < -0.4 is 10.3 Å². The Bertz CT molecular complexity index is 975. The second-order valence-corrected chi connectivity index (χ2v) is 6.13. The maximum absolute atomic E-state index is 13.7. The number of hydrogen-bond acceptors (Lipinski definition) is 3. The van der Waals surface area contributed by atoms with Gasteiger partial charge in [-0.05, 0) is 47.1 Å². The van der Waals surface area contributed by atoms with Crippen LogP contribution in [0.5, 0.6) is 5.75 Å². The zero-order valence-corrected chi connectivity index (χ0v) is 14.8. The van der Waals surface area contributed by atoms with E-state index in [4.69, 9.17) is 4.74 Å². The average Bonchev–Trinajstić information content (AvgIpc) is 2.59. The van der Waals surface area contributed by atoms with Gasteiger partial charge in [-0.2, -0.15) is 0 Å². The van der Waals surface area contributed by atoms with Crippen LogP contribution in [0.25, 0.3) is 5.69 Å². The highest BCUT2D eigenvalue weighted by Gasteiger charge is 2.14. The first-order chi connectivity index (χ1) is 12.0. The fourth-order valence-corrected chi connectivity index (χ4v) is 2.79. The van der Waals surface area contributed by atoms with Crippen LogP contribution in [0, 0.1) is 18.6 Å². The van der Waals surface area contributed by atoms with E-state index in [1.54, 1.807) is 37.5 Å². The summed E-state index contributed by atoms with van der Waals surface area (Å²) >= 11 is 3.23. The normalized spacial score (nSPS) is 10.7. The smallest absolute Gasteiger partial charge is 0.273 e. The van der Waals surface area contributed by atoms with Gasteiger partial charge in [0.2, 0.25) is 0 Å². The number of halogens is 3. The highest BCUT2D eigenvalue weighted by atomic mass is 79.9. The second-order valence-electron chi connectivity index (χ2n) is 5.34. The summed E-state index contributed by atoms with van der Waals surface area (Å²) in [5.41, 5.74) is 1.14. The Kier molecular flexibility index (Phi) is 4.94. The van der Waals surface area contributed by atoms with E-state index in [0.717, 1.165) is 12.1 Å². The number of nitrogens with zero attached hydrogens (tertiary/aromatic N) is 2. The van der Waals surface area contributed by atoms with E-state index in [2.05, 4.69) is 20.9 Å². The van der Waals surface area contributed by atoms with E-state index in [-0.39, 0.29) is 28.0 Å². The zero-order chi connectivity index (χ0) is 18.0. The number of aryl methyl sites for hydroxylation is 1. The second kappa shape index (κ2) is 7.14. The zero-order valence-electron chi connectivity index (χ0n) is 13.2. The number of benzene rings is 1. The lowest BCUT2D eigenvalue weighted by Crippen LogP contribution is -2.22. The molecule has 7 heteroatoms. The average molecular weight is 407 g/mol. The van der Waals surface area contributed by atoms with Gasteiger partial charge in [-0.15, -0.1) is 0 Å². The summed E-state index contributed by atoms with van der Waals surface area (Å²) in [7, 11) is 0. The van der Waals surface area contributed by atoms with Gasteiger partial charge in [-0.25, -0.2) is 8.78 Å². The molecule has 0 bridgehead atoms. The van der Waals surface area contributed by atoms with Crippen molar-refractivity contribution in [2.24, 2.45) is 0 Å². The fraction of sp³-hybridized carbons (Fsp3) is 0.111. The van der Waals surface area contributed by atoms with Gasteiger partial charge in [0.05, 0.1) is 11.9 Å². The molecule has 0 amide bonds. The van der Waals surface area contributed by atoms with Gasteiger partial charge in [-0.3, -0.25) is 14.3 Å². The summed E-state index contributed by atoms with van der Waals surface area (Å²) in [6, 6.07) is 8.42. The lowest BCUT2D eigenvalue weighted by molar-refractivity contribution is 0.296. The molecule has 0 N–H and O–H groups in total. The van der Waals surface area contributed by atoms with Gasteiger partial charge < -0.3 is 4.74 Å². The van der Waals surface area contributed by atoms with Crippen molar-refractivity contribution in [3.63, 3.8) is 0 Å². The maximum atomic E-state index is 13.7. The Morgan fingerprint density at radius 2 is 2.04 bits per heavy atom. The summed E-state index contributed by atoms with van der Waals surface area (Å²) in [4.78, 5) is 16.6. The summed E-state index contributed by atoms with van der Waals surface area (Å²) in [6.07, 6.45) is 3.20. The summed E-state index contributed by atoms with van der Waals surface area (Å²) in [5.74, 6) is -1.07. The maximum Gasteiger partial charge on any atom is 0.273 e. The Morgan fingerprint density at radius 3 is 2.72 bits per heavy atom. The van der Waals surface area contributed by atoms with Crippen molar-refractivity contribution in [1.29, 1.82) is 0 Å². The minimum absolute atomic E-state index is 0.125. The molecule has 0 unspecified atom stereocenters. The topological polar surface area (TPSA) is 44.1 Å². The molecule has 25 heavy (non-hydrogen) atoms. The third-order valence-electron chi connectivity index (χ3n) is 3.60. The van der Waals surface area contributed by atoms with E-state index >= 15 is 0 Å². The SMILES string of the molecule is Cc1cc(OCc2ccc(F)cc2F)c(Br)c(=O)n1-c1cccnc1. The predicted molar refractivity (Wildman–Crippen MR) is 93.0 cm³/mol. The molecule has 0 aliphatic carbocycles. The van der Waals surface area contributed by atoms with Crippen molar-refractivity contribution in [3.05, 3.63) is 86.5 Å². The third kappa shape index (κ3) is 3.61. The van der Waals surface area contributed by atoms with Gasteiger partial charge >= 0.3 is 0 Å². The summed E-state index contributed by atoms with van der Waals surface area (Å²) in [6.45, 7) is 1.63. The van der Waals surface area contributed by atoms with E-state index in [1.165, 1.54) is 10.6 Å². The Balaban J connectivity index is 1.92. The van der Waals surface area contributed by atoms with Gasteiger partial charge in [-0.1, -0.05) is 0 Å². The van der Waals surface area contributed by atoms with Gasteiger partial charge in [0.1, 0.15) is 28.5 Å². The van der Waals surface area contributed by atoms with E-state index in [0.29, 0.717) is 11.4 Å². The molecule has 0 aliphatic heterocycles. The van der Waals surface area contributed by atoms with Crippen molar-refractivity contribution in [3.8, 4) is 11.4 Å². The number of rotatable bonds is 4. The van der Waals surface area contributed by atoms with Crippen molar-refractivity contribution in [1.82, 2.24) is 9.55 Å². The van der Waals surface area contributed by atoms with Crippen LogP contribution in [-0.4, -0.2) is 9.55 Å². The van der Waals surface area contributed by atoms with Gasteiger partial charge in [0.15, 0.2) is 0 Å². The molecule has 3 rings (SSSR count). The molecule has 1 aromatic carbocycles. The molecule has 4 nitrogen and oxygen atoms in total. The first-order valence-corrected chi connectivity index (χ1v) is 8.16. The van der Waals surface area contributed by atoms with Crippen LogP contribution in [0.2, 0.25) is 0 Å². The molecule has 0 saturated carbocycles. The minimum atomic E-state index is -0.698. The molecule has 0 fully saturated rings. The molecular formula is C18H13BrF2N2O2. The molecular weight excluding hydrogens is 394 g/mol. The quantitative estimate of drug-likeness (QED) is 0.653. The van der Waals surface area contributed by atoms with Crippen LogP contribution in [0.15, 0.2) is 58.1 Å². The Labute approximate surface area is 150 Å². The monoisotopic (exact) mass is 406 g/mol. The third-order valence-corrected chi connectivity index (χ3v) is 4.33. The van der Waals surface area contributed by atoms with E-state index in [9.17, 15) is 13.6 Å². The largest absolute Gasteiger partial charge is 0.487 e. The predicted octanol–water partition coefficient (Wildman–Crippen LogP) is 4.16. The number of ether oxygens (including phenoxy) is 1. The van der Waals surface area contributed by atoms with Gasteiger partial charge in [0.25, 0.3) is 5.56 Å². The molecule has 3 aromatic rings. The first-order valence-electron chi connectivity index (χ1n) is 7.36. The molecule has 2 aromatic heterocycles. The van der Waals surface area contributed by atoms with Crippen molar-refractivity contribution in [2.75, 3.05) is 0 Å². The van der Waals surface area contributed by atoms with Crippen LogP contribution in [0.1, 0.15) is 11.3 Å². The van der Waals surface area contributed by atoms with Crippen molar-refractivity contribution < 1.29 is 13.5 Å². The molecule has 2 heterocycles. The minimum Gasteiger partial charge on any atom is -0.487 e. The van der Waals surface area contributed by atoms with Crippen LogP contribution in [0.3, 0.4) is 0 Å². The lowest BCUT2D eigenvalue weighted by Gasteiger charge is -2.14. The molecule has 0 spiro atoms. The first kappa shape index (κ1) is 17.3. The van der Waals surface area contributed by atoms with Crippen molar-refractivity contribution in [2.45, 2.75) is 13.5 Å². The van der Waals surface area contributed by atoms with Crippen molar-refractivity contribution >= 4 is 15.9 Å². The summed E-state index contributed by atoms with van der Waals surface area (Å²) < 4.78 is 33.9. The lowest BCUT2D eigenvalue weighted by atomic mass is 10.2. The molecule has 0 atom stereocenters. The highest BCUT2D eigenvalue weighted by molar-refractivity contribution is 9.10. The highest BCUT2D eigenvalue weighted by Crippen LogP contribution is 2.25. The van der Waals surface area contributed by atoms with Gasteiger partial charge in [0, 0.05) is 29.6 Å². The van der Waals surface area contributed by atoms with Crippen LogP contribution >= 0.6 is 15.9 Å².